The summed E-state index contributed by atoms with van der Waals surface area (Å²) in [6, 6.07) is 0. The maximum absolute atomic E-state index is 12.7. The fourth-order valence-electron chi connectivity index (χ4n) is 4.94. The van der Waals surface area contributed by atoms with E-state index in [4.69, 9.17) is 4.52 Å². The van der Waals surface area contributed by atoms with Gasteiger partial charge in [0, 0.05) is 6.42 Å². The minimum Gasteiger partial charge on any atom is -0.320 e. The van der Waals surface area contributed by atoms with E-state index in [0.29, 0.717) is 17.5 Å². The fourth-order valence-corrected chi connectivity index (χ4v) is 6.96. The van der Waals surface area contributed by atoms with E-state index in [-0.39, 0.29) is 5.78 Å². The van der Waals surface area contributed by atoms with Gasteiger partial charge in [0.05, 0.1) is 27.7 Å². The first kappa shape index (κ1) is 35.9. The standard InChI is InChI=1S/C31H64NO3P/c1-6-8-9-10-11-12-13-14-15-16-17-18-19-20-21-22-23-24-25-26-27-28-30-35-36(33,34)31(29-7-2)32(3,4)5/h24-25,31H,6-23,26-30H2,1-5H3/p+1. The van der Waals surface area contributed by atoms with Gasteiger partial charge in [0.1, 0.15) is 0 Å². The number of rotatable bonds is 27. The molecule has 1 N–H and O–H groups in total. The number of quaternary nitrogens is 1. The van der Waals surface area contributed by atoms with Crippen molar-refractivity contribution in [2.75, 3.05) is 27.7 Å². The first-order valence-corrected chi connectivity index (χ1v) is 17.3. The lowest BCUT2D eigenvalue weighted by Crippen LogP contribution is -2.45. The van der Waals surface area contributed by atoms with Crippen molar-refractivity contribution < 1.29 is 18.5 Å². The maximum Gasteiger partial charge on any atom is 0.385 e. The minimum atomic E-state index is -3.58. The van der Waals surface area contributed by atoms with E-state index in [1.165, 1.54) is 109 Å². The summed E-state index contributed by atoms with van der Waals surface area (Å²) in [6.07, 6.45) is 32.9. The highest BCUT2D eigenvalue weighted by Crippen LogP contribution is 2.51. The Hall–Kier alpha value is -0.150. The second kappa shape index (κ2) is 23.9. The molecule has 2 atom stereocenters. The molecule has 0 aromatic heterocycles. The van der Waals surface area contributed by atoms with E-state index in [1.54, 1.807) is 0 Å². The maximum atomic E-state index is 12.7. The second-order valence-corrected chi connectivity index (χ2v) is 13.8. The molecule has 0 aliphatic carbocycles. The molecule has 0 aliphatic rings. The van der Waals surface area contributed by atoms with Crippen molar-refractivity contribution >= 4 is 7.60 Å². The van der Waals surface area contributed by atoms with Crippen LogP contribution in [0.2, 0.25) is 0 Å². The fraction of sp³-hybridized carbons (Fsp3) is 0.935. The third-order valence-corrected chi connectivity index (χ3v) is 9.51. The van der Waals surface area contributed by atoms with Crippen molar-refractivity contribution in [3.8, 4) is 0 Å². The predicted octanol–water partition coefficient (Wildman–Crippen LogP) is 10.4. The molecule has 0 saturated carbocycles. The van der Waals surface area contributed by atoms with E-state index in [0.717, 1.165) is 25.7 Å². The van der Waals surface area contributed by atoms with Crippen molar-refractivity contribution in [2.24, 2.45) is 0 Å². The molecule has 0 radical (unpaired) electrons. The summed E-state index contributed by atoms with van der Waals surface area (Å²) in [7, 11) is 2.32. The highest BCUT2D eigenvalue weighted by Gasteiger charge is 2.41. The van der Waals surface area contributed by atoms with Crippen LogP contribution in [-0.2, 0) is 9.09 Å². The number of hydrogen-bond acceptors (Lipinski definition) is 2. The van der Waals surface area contributed by atoms with Gasteiger partial charge in [-0.25, -0.2) is 0 Å². The van der Waals surface area contributed by atoms with Gasteiger partial charge in [-0.2, -0.15) is 0 Å². The van der Waals surface area contributed by atoms with Crippen LogP contribution in [0.25, 0.3) is 0 Å². The van der Waals surface area contributed by atoms with E-state index >= 15 is 0 Å². The van der Waals surface area contributed by atoms with Gasteiger partial charge >= 0.3 is 7.60 Å². The zero-order chi connectivity index (χ0) is 27.0. The summed E-state index contributed by atoms with van der Waals surface area (Å²) in [5.74, 6) is -0.345. The van der Waals surface area contributed by atoms with Crippen molar-refractivity contribution in [2.45, 2.75) is 161 Å². The molecule has 0 saturated heterocycles. The smallest absolute Gasteiger partial charge is 0.320 e. The normalized spacial score (nSPS) is 14.9. The predicted molar refractivity (Wildman–Crippen MR) is 160 cm³/mol. The summed E-state index contributed by atoms with van der Waals surface area (Å²) >= 11 is 0. The van der Waals surface area contributed by atoms with Gasteiger partial charge in [-0.1, -0.05) is 122 Å². The Balaban J connectivity index is 3.47. The van der Waals surface area contributed by atoms with Gasteiger partial charge < -0.3 is 13.9 Å². The van der Waals surface area contributed by atoms with E-state index < -0.39 is 7.60 Å². The summed E-state index contributed by atoms with van der Waals surface area (Å²) in [6.45, 7) is 4.72. The van der Waals surface area contributed by atoms with Gasteiger partial charge in [-0.05, 0) is 38.5 Å². The van der Waals surface area contributed by atoms with Crippen molar-refractivity contribution in [1.29, 1.82) is 0 Å². The lowest BCUT2D eigenvalue weighted by Gasteiger charge is -2.35. The van der Waals surface area contributed by atoms with E-state index in [2.05, 4.69) is 26.0 Å². The van der Waals surface area contributed by atoms with Gasteiger partial charge in [-0.3, -0.25) is 4.57 Å². The number of unbranched alkanes of at least 4 members (excludes halogenated alkanes) is 18. The topological polar surface area (TPSA) is 46.5 Å². The molecule has 0 aliphatic heterocycles. The van der Waals surface area contributed by atoms with Crippen LogP contribution in [-0.4, -0.2) is 42.9 Å². The molecular weight excluding hydrogens is 465 g/mol. The van der Waals surface area contributed by atoms with Crippen LogP contribution in [0.3, 0.4) is 0 Å². The van der Waals surface area contributed by atoms with Crippen LogP contribution in [0.15, 0.2) is 12.2 Å². The Morgan fingerprint density at radius 1 is 0.639 bits per heavy atom. The zero-order valence-electron chi connectivity index (χ0n) is 25.2. The molecule has 36 heavy (non-hydrogen) atoms. The zero-order valence-corrected chi connectivity index (χ0v) is 26.0. The number of nitrogens with zero attached hydrogens (tertiary/aromatic N) is 1. The lowest BCUT2D eigenvalue weighted by atomic mass is 10.0. The van der Waals surface area contributed by atoms with Crippen LogP contribution in [0, 0.1) is 0 Å². The summed E-state index contributed by atoms with van der Waals surface area (Å²) in [5, 5.41) is 0. The number of allylic oxidation sites excluding steroid dienone is 2. The van der Waals surface area contributed by atoms with Crippen LogP contribution >= 0.6 is 7.60 Å². The van der Waals surface area contributed by atoms with Gasteiger partial charge in [0.2, 0.25) is 0 Å². The molecule has 0 rings (SSSR count). The molecule has 0 aromatic carbocycles. The Morgan fingerprint density at radius 3 is 1.42 bits per heavy atom. The molecule has 0 bridgehead atoms. The molecule has 0 amide bonds. The molecule has 5 heteroatoms. The van der Waals surface area contributed by atoms with Crippen LogP contribution < -0.4 is 0 Å². The Labute approximate surface area is 226 Å². The highest BCUT2D eigenvalue weighted by atomic mass is 31.2. The van der Waals surface area contributed by atoms with Crippen molar-refractivity contribution in [3.05, 3.63) is 12.2 Å². The largest absolute Gasteiger partial charge is 0.385 e. The Morgan fingerprint density at radius 2 is 1.03 bits per heavy atom. The summed E-state index contributed by atoms with van der Waals surface area (Å²) < 4.78 is 18.6. The molecule has 0 heterocycles. The number of hydrogen-bond donors (Lipinski definition) is 1. The first-order chi connectivity index (χ1) is 17.3. The molecular formula is C31H65NO3P+. The highest BCUT2D eigenvalue weighted by molar-refractivity contribution is 7.53. The van der Waals surface area contributed by atoms with Crippen LogP contribution in [0.4, 0.5) is 0 Å². The lowest BCUT2D eigenvalue weighted by molar-refractivity contribution is -0.883. The van der Waals surface area contributed by atoms with Crippen LogP contribution in [0.1, 0.15) is 155 Å². The van der Waals surface area contributed by atoms with Gasteiger partial charge in [-0.15, -0.1) is 0 Å². The Bertz CT molecular complexity index is 544. The average Bonchev–Trinajstić information content (AvgIpc) is 2.82. The molecule has 2 unspecified atom stereocenters. The SMILES string of the molecule is CCCCCCCCCCCCCCCCCCC=CCCCCOP(=O)(O)C(CCC)[N+](C)(C)C. The van der Waals surface area contributed by atoms with Gasteiger partial charge in [0.15, 0.2) is 5.78 Å². The molecule has 0 aromatic rings. The third-order valence-electron chi connectivity index (χ3n) is 7.25. The van der Waals surface area contributed by atoms with E-state index in [9.17, 15) is 9.46 Å². The second-order valence-electron chi connectivity index (χ2n) is 11.8. The molecule has 4 nitrogen and oxygen atoms in total. The Kier molecular flexibility index (Phi) is 23.8. The van der Waals surface area contributed by atoms with Crippen molar-refractivity contribution in [1.82, 2.24) is 0 Å². The summed E-state index contributed by atoms with van der Waals surface area (Å²) in [5.41, 5.74) is 0. The van der Waals surface area contributed by atoms with Gasteiger partial charge in [0.25, 0.3) is 0 Å². The molecule has 0 fully saturated rings. The monoisotopic (exact) mass is 530 g/mol. The van der Waals surface area contributed by atoms with E-state index in [1.807, 2.05) is 21.1 Å². The summed E-state index contributed by atoms with van der Waals surface area (Å²) in [4.78, 5) is 10.4. The third kappa shape index (κ3) is 21.9. The first-order valence-electron chi connectivity index (χ1n) is 15.7. The molecule has 0 spiro atoms. The minimum absolute atomic E-state index is 0.345. The molecule has 216 valence electrons. The quantitative estimate of drug-likeness (QED) is 0.0497. The van der Waals surface area contributed by atoms with Crippen LogP contribution in [0.5, 0.6) is 0 Å². The van der Waals surface area contributed by atoms with Crippen molar-refractivity contribution in [3.63, 3.8) is 0 Å². The average molecular weight is 531 g/mol.